The van der Waals surface area contributed by atoms with E-state index in [0.29, 0.717) is 13.2 Å². The van der Waals surface area contributed by atoms with Gasteiger partial charge in [-0.2, -0.15) is 0 Å². The fourth-order valence-corrected chi connectivity index (χ4v) is 4.76. The third-order valence-electron chi connectivity index (χ3n) is 6.27. The van der Waals surface area contributed by atoms with Crippen LogP contribution in [0.3, 0.4) is 0 Å². The van der Waals surface area contributed by atoms with Gasteiger partial charge in [0, 0.05) is 44.0 Å². The summed E-state index contributed by atoms with van der Waals surface area (Å²) in [5, 5.41) is 0. The smallest absolute Gasteiger partial charge is 0.208 e. The van der Waals surface area contributed by atoms with E-state index < -0.39 is 5.79 Å². The topological polar surface area (TPSA) is 37.4 Å². The maximum Gasteiger partial charge on any atom is 0.208 e. The second-order valence-corrected chi connectivity index (χ2v) is 8.18. The predicted octanol–water partition coefficient (Wildman–Crippen LogP) is 2.63. The Morgan fingerprint density at radius 2 is 1.70 bits per heavy atom. The third kappa shape index (κ3) is 3.78. The Balaban J connectivity index is 1.26. The molecule has 0 N–H and O–H groups in total. The number of methoxy groups -OCH3 is 1. The summed E-state index contributed by atoms with van der Waals surface area (Å²) in [4.78, 5) is 7.19. The van der Waals surface area contributed by atoms with E-state index in [4.69, 9.17) is 14.2 Å². The van der Waals surface area contributed by atoms with Crippen LogP contribution in [0.15, 0.2) is 42.5 Å². The lowest BCUT2D eigenvalue weighted by Gasteiger charge is -2.43. The molecule has 0 amide bonds. The van der Waals surface area contributed by atoms with Gasteiger partial charge < -0.3 is 19.1 Å². The summed E-state index contributed by atoms with van der Waals surface area (Å²) in [7, 11) is 1.70. The van der Waals surface area contributed by atoms with E-state index in [9.17, 15) is 4.39 Å². The van der Waals surface area contributed by atoms with Gasteiger partial charge in [-0.25, -0.2) is 4.39 Å². The maximum absolute atomic E-state index is 13.2. The molecule has 1 spiro atoms. The molecule has 3 aliphatic heterocycles. The first-order valence-corrected chi connectivity index (χ1v) is 10.6. The molecule has 0 atom stereocenters. The van der Waals surface area contributed by atoms with Crippen LogP contribution in [0.1, 0.15) is 11.1 Å². The van der Waals surface area contributed by atoms with Gasteiger partial charge in [0.25, 0.3) is 0 Å². The quantitative estimate of drug-likeness (QED) is 0.767. The molecule has 0 radical (unpaired) electrons. The van der Waals surface area contributed by atoms with E-state index in [1.165, 1.54) is 17.7 Å². The van der Waals surface area contributed by atoms with Crippen molar-refractivity contribution in [2.75, 3.05) is 64.6 Å². The molecule has 0 aliphatic carbocycles. The second kappa shape index (κ2) is 8.15. The molecular formula is C23H28FN3O3. The number of rotatable bonds is 4. The van der Waals surface area contributed by atoms with E-state index in [1.54, 1.807) is 7.11 Å². The van der Waals surface area contributed by atoms with E-state index in [0.717, 1.165) is 62.9 Å². The van der Waals surface area contributed by atoms with Crippen molar-refractivity contribution in [1.82, 2.24) is 9.80 Å². The molecule has 0 bridgehead atoms. The van der Waals surface area contributed by atoms with Gasteiger partial charge in [0.1, 0.15) is 11.6 Å². The van der Waals surface area contributed by atoms with E-state index in [2.05, 4.69) is 26.8 Å². The van der Waals surface area contributed by atoms with Gasteiger partial charge in [-0.1, -0.05) is 0 Å². The Morgan fingerprint density at radius 3 is 2.40 bits per heavy atom. The van der Waals surface area contributed by atoms with Crippen molar-refractivity contribution < 1.29 is 18.6 Å². The predicted molar refractivity (Wildman–Crippen MR) is 112 cm³/mol. The molecule has 3 heterocycles. The molecule has 2 fully saturated rings. The third-order valence-corrected chi connectivity index (χ3v) is 6.27. The number of fused-ring (bicyclic) bond motifs is 2. The Labute approximate surface area is 176 Å². The zero-order valence-electron chi connectivity index (χ0n) is 17.3. The molecule has 0 unspecified atom stereocenters. The molecule has 7 heteroatoms. The molecule has 0 aromatic heterocycles. The normalized spacial score (nSPS) is 21.7. The molecule has 5 rings (SSSR count). The van der Waals surface area contributed by atoms with E-state index in [1.807, 2.05) is 18.2 Å². The molecule has 30 heavy (non-hydrogen) atoms. The summed E-state index contributed by atoms with van der Waals surface area (Å²) < 4.78 is 30.9. The van der Waals surface area contributed by atoms with Crippen LogP contribution in [0.2, 0.25) is 0 Å². The van der Waals surface area contributed by atoms with E-state index >= 15 is 0 Å². The average molecular weight is 413 g/mol. The van der Waals surface area contributed by atoms with Crippen LogP contribution in [-0.4, -0.2) is 69.5 Å². The van der Waals surface area contributed by atoms with Gasteiger partial charge in [0.05, 0.1) is 33.5 Å². The van der Waals surface area contributed by atoms with Gasteiger partial charge in [-0.05, 0) is 48.0 Å². The van der Waals surface area contributed by atoms with Crippen molar-refractivity contribution in [2.24, 2.45) is 0 Å². The lowest BCUT2D eigenvalue weighted by atomic mass is 9.94. The summed E-state index contributed by atoms with van der Waals surface area (Å²) in [6, 6.07) is 12.9. The number of hydrogen-bond acceptors (Lipinski definition) is 6. The zero-order valence-corrected chi connectivity index (χ0v) is 17.3. The number of halogens is 1. The van der Waals surface area contributed by atoms with Gasteiger partial charge in [-0.15, -0.1) is 0 Å². The van der Waals surface area contributed by atoms with Crippen LogP contribution in [0.5, 0.6) is 5.75 Å². The maximum atomic E-state index is 13.2. The number of hydrogen-bond donors (Lipinski definition) is 0. The Bertz CT molecular complexity index is 878. The molecule has 3 aliphatic rings. The van der Waals surface area contributed by atoms with Crippen LogP contribution in [0.25, 0.3) is 0 Å². The minimum absolute atomic E-state index is 0.190. The lowest BCUT2D eigenvalue weighted by molar-refractivity contribution is -0.191. The van der Waals surface area contributed by atoms with Gasteiger partial charge in [-0.3, -0.25) is 9.80 Å². The number of anilines is 1. The molecular weight excluding hydrogens is 385 g/mol. The molecule has 6 nitrogen and oxygen atoms in total. The van der Waals surface area contributed by atoms with Crippen LogP contribution < -0.4 is 9.64 Å². The highest BCUT2D eigenvalue weighted by atomic mass is 19.1. The standard InChI is InChI=1S/C23H28FN3O3/c1-28-21-6-7-22-18(14-21)15-26(16-23(22)29-12-13-30-23)17-25-8-10-27(11-9-25)20-4-2-19(24)3-5-20/h2-7,14H,8-13,15-17H2,1H3. The van der Waals surface area contributed by atoms with Crippen molar-refractivity contribution in [1.29, 1.82) is 0 Å². The van der Waals surface area contributed by atoms with Crippen molar-refractivity contribution in [3.05, 3.63) is 59.4 Å². The van der Waals surface area contributed by atoms with Crippen molar-refractivity contribution in [3.8, 4) is 5.75 Å². The van der Waals surface area contributed by atoms with Crippen molar-refractivity contribution >= 4 is 5.69 Å². The zero-order chi connectivity index (χ0) is 20.6. The van der Waals surface area contributed by atoms with Gasteiger partial charge in [0.15, 0.2) is 0 Å². The molecule has 2 aromatic rings. The Morgan fingerprint density at radius 1 is 0.967 bits per heavy atom. The van der Waals surface area contributed by atoms with Crippen molar-refractivity contribution in [2.45, 2.75) is 12.3 Å². The van der Waals surface area contributed by atoms with Crippen LogP contribution in [-0.2, 0) is 21.8 Å². The van der Waals surface area contributed by atoms with Crippen LogP contribution in [0, 0.1) is 5.82 Å². The minimum atomic E-state index is -0.671. The summed E-state index contributed by atoms with van der Waals surface area (Å²) >= 11 is 0. The highest BCUT2D eigenvalue weighted by Crippen LogP contribution is 2.40. The second-order valence-electron chi connectivity index (χ2n) is 8.18. The highest BCUT2D eigenvalue weighted by Gasteiger charge is 2.45. The fraction of sp³-hybridized carbons (Fsp3) is 0.478. The van der Waals surface area contributed by atoms with Gasteiger partial charge >= 0.3 is 0 Å². The molecule has 2 aromatic carbocycles. The summed E-state index contributed by atoms with van der Waals surface area (Å²) in [6.45, 7) is 7.47. The Hall–Kier alpha value is -2.19. The van der Waals surface area contributed by atoms with Crippen LogP contribution in [0.4, 0.5) is 10.1 Å². The molecule has 160 valence electrons. The fourth-order valence-electron chi connectivity index (χ4n) is 4.76. The average Bonchev–Trinajstić information content (AvgIpc) is 3.23. The number of nitrogens with zero attached hydrogens (tertiary/aromatic N) is 3. The number of benzene rings is 2. The largest absolute Gasteiger partial charge is 0.497 e. The summed E-state index contributed by atoms with van der Waals surface area (Å²) in [6.07, 6.45) is 0. The first-order chi connectivity index (χ1) is 14.6. The first kappa shape index (κ1) is 19.8. The van der Waals surface area contributed by atoms with Crippen LogP contribution >= 0.6 is 0 Å². The monoisotopic (exact) mass is 413 g/mol. The summed E-state index contributed by atoms with van der Waals surface area (Å²) in [5.41, 5.74) is 3.41. The van der Waals surface area contributed by atoms with Gasteiger partial charge in [0.2, 0.25) is 5.79 Å². The first-order valence-electron chi connectivity index (χ1n) is 10.6. The molecule has 0 saturated carbocycles. The highest BCUT2D eigenvalue weighted by molar-refractivity contribution is 5.46. The minimum Gasteiger partial charge on any atom is -0.497 e. The molecule has 2 saturated heterocycles. The lowest BCUT2D eigenvalue weighted by Crippen LogP contribution is -2.54. The van der Waals surface area contributed by atoms with Crippen molar-refractivity contribution in [3.63, 3.8) is 0 Å². The number of ether oxygens (including phenoxy) is 3. The summed E-state index contributed by atoms with van der Waals surface area (Å²) in [5.74, 6) is -0.00294. The Kier molecular flexibility index (Phi) is 5.37. The SMILES string of the molecule is COc1ccc2c(c1)CN(CN1CCN(c3ccc(F)cc3)CC1)CC21OCCO1. The van der Waals surface area contributed by atoms with E-state index in [-0.39, 0.29) is 5.82 Å². The number of piperazine rings is 1.